The molecule has 0 heterocycles. The van der Waals surface area contributed by atoms with Gasteiger partial charge in [0.2, 0.25) is 0 Å². The van der Waals surface area contributed by atoms with Crippen molar-refractivity contribution in [3.63, 3.8) is 0 Å². The molecule has 1 unspecified atom stereocenters. The lowest BCUT2D eigenvalue weighted by Gasteiger charge is -2.14. The molecule has 0 aliphatic heterocycles. The lowest BCUT2D eigenvalue weighted by molar-refractivity contribution is -0.385. The molecule has 1 amide bonds. The maximum absolute atomic E-state index is 12.3. The molecule has 0 aliphatic rings. The minimum Gasteiger partial charge on any atom is -0.493 e. The first-order chi connectivity index (χ1) is 16.8. The van der Waals surface area contributed by atoms with Gasteiger partial charge in [-0.05, 0) is 36.8 Å². The van der Waals surface area contributed by atoms with Crippen LogP contribution in [-0.4, -0.2) is 30.3 Å². The quantitative estimate of drug-likeness (QED) is 0.218. The number of ether oxygens (including phenoxy) is 3. The van der Waals surface area contributed by atoms with Crippen LogP contribution in [0.1, 0.15) is 18.1 Å². The Morgan fingerprint density at radius 1 is 1.11 bits per heavy atom. The molecule has 0 radical (unpaired) electrons. The summed E-state index contributed by atoms with van der Waals surface area (Å²) in [6.07, 6.45) is 0.186. The SMILES string of the molecule is COc1cc(/C=N/NC(=O)C(C)Oc2ccc(Cl)cc2Cl)c([N+](=O)[O-])cc1OCc1ccccc1. The molecule has 1 N–H and O–H groups in total. The first kappa shape index (κ1) is 25.8. The molecule has 0 bridgehead atoms. The van der Waals surface area contributed by atoms with Gasteiger partial charge >= 0.3 is 0 Å². The molecule has 9 nitrogen and oxygen atoms in total. The maximum Gasteiger partial charge on any atom is 0.282 e. The molecule has 0 saturated carbocycles. The van der Waals surface area contributed by atoms with Crippen LogP contribution >= 0.6 is 23.2 Å². The predicted octanol–water partition coefficient (Wildman–Crippen LogP) is 5.41. The number of nitrogens with one attached hydrogen (secondary N) is 1. The van der Waals surface area contributed by atoms with Gasteiger partial charge in [-0.3, -0.25) is 14.9 Å². The van der Waals surface area contributed by atoms with Gasteiger partial charge in [0.1, 0.15) is 12.4 Å². The second kappa shape index (κ2) is 12.0. The van der Waals surface area contributed by atoms with E-state index in [-0.39, 0.29) is 40.1 Å². The van der Waals surface area contributed by atoms with Crippen molar-refractivity contribution < 1.29 is 23.9 Å². The van der Waals surface area contributed by atoms with Crippen molar-refractivity contribution in [2.75, 3.05) is 7.11 Å². The van der Waals surface area contributed by atoms with Crippen molar-refractivity contribution in [1.29, 1.82) is 0 Å². The summed E-state index contributed by atoms with van der Waals surface area (Å²) in [5.74, 6) is 0.151. The molecule has 0 saturated heterocycles. The van der Waals surface area contributed by atoms with Crippen LogP contribution in [-0.2, 0) is 11.4 Å². The maximum atomic E-state index is 12.3. The molecular weight excluding hydrogens is 497 g/mol. The lowest BCUT2D eigenvalue weighted by atomic mass is 10.1. The molecular formula is C24H21Cl2N3O6. The molecule has 0 aliphatic carbocycles. The zero-order valence-electron chi connectivity index (χ0n) is 18.7. The fourth-order valence-corrected chi connectivity index (χ4v) is 3.36. The summed E-state index contributed by atoms with van der Waals surface area (Å²) < 4.78 is 16.6. The average molecular weight is 518 g/mol. The summed E-state index contributed by atoms with van der Waals surface area (Å²) in [5.41, 5.74) is 3.01. The summed E-state index contributed by atoms with van der Waals surface area (Å²) >= 11 is 11.9. The smallest absolute Gasteiger partial charge is 0.282 e. The summed E-state index contributed by atoms with van der Waals surface area (Å²) in [6.45, 7) is 1.70. The number of halogens is 2. The van der Waals surface area contributed by atoms with Crippen LogP contribution in [0.25, 0.3) is 0 Å². The zero-order chi connectivity index (χ0) is 25.4. The lowest BCUT2D eigenvalue weighted by Crippen LogP contribution is -2.33. The van der Waals surface area contributed by atoms with Gasteiger partial charge in [-0.1, -0.05) is 53.5 Å². The van der Waals surface area contributed by atoms with Gasteiger partial charge in [0.25, 0.3) is 11.6 Å². The van der Waals surface area contributed by atoms with E-state index >= 15 is 0 Å². The van der Waals surface area contributed by atoms with Crippen LogP contribution in [0.15, 0.2) is 65.8 Å². The number of nitro benzene ring substituents is 1. The Morgan fingerprint density at radius 3 is 2.51 bits per heavy atom. The van der Waals surface area contributed by atoms with Crippen LogP contribution in [0.5, 0.6) is 17.2 Å². The number of hydrogen-bond acceptors (Lipinski definition) is 7. The van der Waals surface area contributed by atoms with Crippen LogP contribution in [0.4, 0.5) is 5.69 Å². The molecule has 3 aromatic rings. The van der Waals surface area contributed by atoms with Gasteiger partial charge in [0.15, 0.2) is 17.6 Å². The molecule has 35 heavy (non-hydrogen) atoms. The standard InChI is InChI=1S/C24H21Cl2N3O6/c1-15(35-21-9-8-18(25)11-19(21)26)24(30)28-27-13-17-10-22(33-2)23(12-20(17)29(31)32)34-14-16-6-4-3-5-7-16/h3-13,15H,14H2,1-2H3,(H,28,30)/b27-13+. The summed E-state index contributed by atoms with van der Waals surface area (Å²) in [7, 11) is 1.42. The van der Waals surface area contributed by atoms with E-state index < -0.39 is 16.9 Å². The first-order valence-electron chi connectivity index (χ1n) is 10.3. The van der Waals surface area contributed by atoms with Crippen LogP contribution in [0.2, 0.25) is 10.0 Å². The normalized spacial score (nSPS) is 11.7. The molecule has 0 fully saturated rings. The molecule has 0 spiro atoms. The number of rotatable bonds is 10. The Balaban J connectivity index is 1.71. The van der Waals surface area contributed by atoms with Crippen molar-refractivity contribution >= 4 is 41.0 Å². The van der Waals surface area contributed by atoms with Crippen molar-refractivity contribution in [2.24, 2.45) is 5.10 Å². The third-order valence-corrected chi connectivity index (χ3v) is 5.22. The van der Waals surface area contributed by atoms with E-state index in [0.717, 1.165) is 11.8 Å². The molecule has 182 valence electrons. The van der Waals surface area contributed by atoms with E-state index in [4.69, 9.17) is 37.4 Å². The highest BCUT2D eigenvalue weighted by atomic mass is 35.5. The fraction of sp³-hybridized carbons (Fsp3) is 0.167. The van der Waals surface area contributed by atoms with E-state index in [2.05, 4.69) is 10.5 Å². The number of amides is 1. The Morgan fingerprint density at radius 2 is 1.86 bits per heavy atom. The molecule has 0 aromatic heterocycles. The predicted molar refractivity (Wildman–Crippen MR) is 133 cm³/mol. The Bertz CT molecular complexity index is 1240. The van der Waals surface area contributed by atoms with Gasteiger partial charge in [0, 0.05) is 5.02 Å². The number of nitrogens with zero attached hydrogens (tertiary/aromatic N) is 2. The average Bonchev–Trinajstić information content (AvgIpc) is 2.84. The summed E-state index contributed by atoms with van der Waals surface area (Å²) in [5, 5.41) is 16.1. The topological polar surface area (TPSA) is 112 Å². The second-order valence-electron chi connectivity index (χ2n) is 7.16. The van der Waals surface area contributed by atoms with E-state index in [1.165, 1.54) is 38.3 Å². The second-order valence-corrected chi connectivity index (χ2v) is 8.01. The van der Waals surface area contributed by atoms with Gasteiger partial charge in [0.05, 0.1) is 34.9 Å². The zero-order valence-corrected chi connectivity index (χ0v) is 20.2. The third kappa shape index (κ3) is 7.08. The molecule has 1 atom stereocenters. The van der Waals surface area contributed by atoms with Gasteiger partial charge in [-0.2, -0.15) is 5.10 Å². The molecule has 3 aromatic carbocycles. The van der Waals surface area contributed by atoms with Crippen molar-refractivity contribution in [2.45, 2.75) is 19.6 Å². The van der Waals surface area contributed by atoms with E-state index in [1.54, 1.807) is 6.07 Å². The Labute approximate surface area is 211 Å². The van der Waals surface area contributed by atoms with E-state index in [0.29, 0.717) is 5.02 Å². The van der Waals surface area contributed by atoms with Crippen molar-refractivity contribution in [1.82, 2.24) is 5.43 Å². The highest BCUT2D eigenvalue weighted by Crippen LogP contribution is 2.34. The van der Waals surface area contributed by atoms with Crippen LogP contribution in [0, 0.1) is 10.1 Å². The highest BCUT2D eigenvalue weighted by molar-refractivity contribution is 6.35. The fourth-order valence-electron chi connectivity index (χ4n) is 2.91. The minimum atomic E-state index is -0.955. The van der Waals surface area contributed by atoms with Gasteiger partial charge in [-0.15, -0.1) is 0 Å². The van der Waals surface area contributed by atoms with E-state index in [1.807, 2.05) is 30.3 Å². The highest BCUT2D eigenvalue weighted by Gasteiger charge is 2.20. The summed E-state index contributed by atoms with van der Waals surface area (Å²) in [6, 6.07) is 16.6. The van der Waals surface area contributed by atoms with E-state index in [9.17, 15) is 14.9 Å². The molecule has 11 heteroatoms. The number of hydrazone groups is 1. The molecule has 3 rings (SSSR count). The number of methoxy groups -OCH3 is 1. The van der Waals surface area contributed by atoms with Crippen molar-refractivity contribution in [3.8, 4) is 17.2 Å². The Kier molecular flexibility index (Phi) is 8.88. The first-order valence-corrected chi connectivity index (χ1v) is 11.0. The number of carbonyl (C=O) groups is 1. The van der Waals surface area contributed by atoms with Crippen LogP contribution < -0.4 is 19.6 Å². The number of benzene rings is 3. The van der Waals surface area contributed by atoms with Crippen LogP contribution in [0.3, 0.4) is 0 Å². The number of hydrogen-bond donors (Lipinski definition) is 1. The Hall–Kier alpha value is -3.82. The third-order valence-electron chi connectivity index (χ3n) is 4.69. The van der Waals surface area contributed by atoms with Crippen molar-refractivity contribution in [3.05, 3.63) is 92.0 Å². The monoisotopic (exact) mass is 517 g/mol. The number of nitro groups is 1. The van der Waals surface area contributed by atoms with Gasteiger partial charge in [-0.25, -0.2) is 5.43 Å². The summed E-state index contributed by atoms with van der Waals surface area (Å²) in [4.78, 5) is 23.4. The van der Waals surface area contributed by atoms with Gasteiger partial charge < -0.3 is 14.2 Å². The number of carbonyl (C=O) groups excluding carboxylic acids is 1. The minimum absolute atomic E-state index is 0.105. The largest absolute Gasteiger partial charge is 0.493 e.